The molecule has 1 aromatic heterocycles. The first-order valence-electron chi connectivity index (χ1n) is 8.06. The number of H-pyrrole nitrogens is 1. The summed E-state index contributed by atoms with van der Waals surface area (Å²) >= 11 is 0. The molecule has 0 aliphatic rings. The van der Waals surface area contributed by atoms with Crippen molar-refractivity contribution in [2.24, 2.45) is 0 Å². The van der Waals surface area contributed by atoms with Gasteiger partial charge in [-0.05, 0) is 30.2 Å². The van der Waals surface area contributed by atoms with Crippen molar-refractivity contribution in [2.75, 3.05) is 0 Å². The summed E-state index contributed by atoms with van der Waals surface area (Å²) in [6, 6.07) is 6.60. The molecular formula is C20H16N2O6. The van der Waals surface area contributed by atoms with Gasteiger partial charge in [0.1, 0.15) is 17.4 Å². The fourth-order valence-corrected chi connectivity index (χ4v) is 2.37. The summed E-state index contributed by atoms with van der Waals surface area (Å²) in [6.45, 7) is 3.30. The summed E-state index contributed by atoms with van der Waals surface area (Å²) in [5, 5.41) is 27.7. The highest BCUT2D eigenvalue weighted by molar-refractivity contribution is 6.00. The number of ketones is 1. The van der Waals surface area contributed by atoms with Gasteiger partial charge in [0.05, 0.1) is 11.1 Å². The molecule has 3 N–H and O–H groups in total. The number of rotatable bonds is 8. The molecule has 0 spiro atoms. The minimum absolute atomic E-state index is 0.0446. The Kier molecular flexibility index (Phi) is 6.49. The maximum absolute atomic E-state index is 12.3. The van der Waals surface area contributed by atoms with E-state index in [9.17, 15) is 24.8 Å². The minimum Gasteiger partial charge on any atom is -0.507 e. The van der Waals surface area contributed by atoms with Gasteiger partial charge in [0, 0.05) is 6.42 Å². The zero-order valence-corrected chi connectivity index (χ0v) is 14.6. The SMILES string of the molecule is C=C/C(C(=O)O)=C(O)\C=C/C/C=C(\C#N)C(=O)Cc1ccc2oc(=O)[nH]c2c1. The second kappa shape index (κ2) is 9.00. The van der Waals surface area contributed by atoms with Gasteiger partial charge in [-0.15, -0.1) is 0 Å². The number of nitrogens with zero attached hydrogens (tertiary/aromatic N) is 1. The van der Waals surface area contributed by atoms with Gasteiger partial charge in [0.15, 0.2) is 11.4 Å². The maximum atomic E-state index is 12.3. The lowest BCUT2D eigenvalue weighted by Crippen LogP contribution is -2.05. The number of hydrogen-bond donors (Lipinski definition) is 3. The van der Waals surface area contributed by atoms with E-state index in [1.165, 1.54) is 12.2 Å². The van der Waals surface area contributed by atoms with Crippen molar-refractivity contribution in [3.05, 3.63) is 82.1 Å². The van der Waals surface area contributed by atoms with Gasteiger partial charge in [-0.3, -0.25) is 9.78 Å². The van der Waals surface area contributed by atoms with Gasteiger partial charge in [-0.2, -0.15) is 5.26 Å². The maximum Gasteiger partial charge on any atom is 0.417 e. The van der Waals surface area contributed by atoms with Gasteiger partial charge in [-0.1, -0.05) is 30.9 Å². The molecular weight excluding hydrogens is 364 g/mol. The van der Waals surface area contributed by atoms with Crippen molar-refractivity contribution in [2.45, 2.75) is 12.8 Å². The molecule has 0 amide bonds. The van der Waals surface area contributed by atoms with Crippen LogP contribution in [0.4, 0.5) is 0 Å². The Labute approximate surface area is 159 Å². The molecule has 0 aliphatic heterocycles. The molecule has 0 fully saturated rings. The van der Waals surface area contributed by atoms with Crippen molar-refractivity contribution < 1.29 is 24.2 Å². The lowest BCUT2D eigenvalue weighted by atomic mass is 10.0. The van der Waals surface area contributed by atoms with Crippen molar-refractivity contribution in [3.63, 3.8) is 0 Å². The van der Waals surface area contributed by atoms with Crippen LogP contribution in [0.15, 0.2) is 75.2 Å². The summed E-state index contributed by atoms with van der Waals surface area (Å²) in [7, 11) is 0. The lowest BCUT2D eigenvalue weighted by Gasteiger charge is -2.00. The largest absolute Gasteiger partial charge is 0.507 e. The van der Waals surface area contributed by atoms with E-state index in [0.29, 0.717) is 16.7 Å². The number of carbonyl (C=O) groups is 2. The highest BCUT2D eigenvalue weighted by Crippen LogP contribution is 2.14. The molecule has 0 atom stereocenters. The molecule has 2 aromatic rings. The van der Waals surface area contributed by atoms with E-state index in [-0.39, 0.29) is 24.0 Å². The number of oxazole rings is 1. The minimum atomic E-state index is -1.32. The smallest absolute Gasteiger partial charge is 0.417 e. The number of carbonyl (C=O) groups excluding carboxylic acids is 1. The normalized spacial score (nSPS) is 12.6. The van der Waals surface area contributed by atoms with Crippen LogP contribution in [0.1, 0.15) is 12.0 Å². The standard InChI is InChI=1S/C20H16N2O6/c1-2-14(19(25)26)16(23)6-4-3-5-13(11-21)17(24)10-12-7-8-18-15(9-12)22-20(27)28-18/h2,4-9,23H,1,3,10H2,(H,22,27)(H,25,26)/b6-4-,13-5+,16-14-. The third-order valence-electron chi connectivity index (χ3n) is 3.71. The number of fused-ring (bicyclic) bond motifs is 1. The monoisotopic (exact) mass is 380 g/mol. The highest BCUT2D eigenvalue weighted by Gasteiger charge is 2.11. The predicted molar refractivity (Wildman–Crippen MR) is 100 cm³/mol. The van der Waals surface area contributed by atoms with E-state index in [2.05, 4.69) is 11.6 Å². The fraction of sp³-hybridized carbons (Fsp3) is 0.100. The first-order valence-corrected chi connectivity index (χ1v) is 8.06. The van der Waals surface area contributed by atoms with Crippen LogP contribution in [0, 0.1) is 11.3 Å². The van der Waals surface area contributed by atoms with Crippen LogP contribution in [-0.2, 0) is 16.0 Å². The topological polar surface area (TPSA) is 144 Å². The molecule has 8 nitrogen and oxygen atoms in total. The Morgan fingerprint density at radius 1 is 1.32 bits per heavy atom. The van der Waals surface area contributed by atoms with Crippen molar-refractivity contribution in [3.8, 4) is 6.07 Å². The second-order valence-corrected chi connectivity index (χ2v) is 5.62. The second-order valence-electron chi connectivity index (χ2n) is 5.62. The zero-order chi connectivity index (χ0) is 20.7. The van der Waals surface area contributed by atoms with Crippen LogP contribution in [-0.4, -0.2) is 26.9 Å². The van der Waals surface area contributed by atoms with Crippen LogP contribution < -0.4 is 5.76 Å². The van der Waals surface area contributed by atoms with Crippen LogP contribution in [0.25, 0.3) is 11.1 Å². The van der Waals surface area contributed by atoms with E-state index in [4.69, 9.17) is 9.52 Å². The zero-order valence-electron chi connectivity index (χ0n) is 14.6. The molecule has 1 aromatic carbocycles. The van der Waals surface area contributed by atoms with Gasteiger partial charge in [0.2, 0.25) is 0 Å². The fourth-order valence-electron chi connectivity index (χ4n) is 2.37. The number of Topliss-reactive ketones (excluding diaryl/α,β-unsaturated/α-hetero) is 1. The number of carboxylic acid groups (broad SMARTS) is 1. The number of nitriles is 1. The summed E-state index contributed by atoms with van der Waals surface area (Å²) in [5.41, 5.74) is 0.999. The number of aliphatic hydroxyl groups excluding tert-OH is 1. The average Bonchev–Trinajstić information content (AvgIpc) is 3.01. The number of allylic oxidation sites excluding steroid dienone is 4. The summed E-state index contributed by atoms with van der Waals surface area (Å²) in [4.78, 5) is 36.8. The van der Waals surface area contributed by atoms with E-state index in [0.717, 1.165) is 12.2 Å². The van der Waals surface area contributed by atoms with Crippen LogP contribution >= 0.6 is 0 Å². The molecule has 2 rings (SSSR count). The summed E-state index contributed by atoms with van der Waals surface area (Å²) in [5.74, 6) is -2.82. The first kappa shape index (κ1) is 20.2. The molecule has 0 saturated carbocycles. The van der Waals surface area contributed by atoms with E-state index in [1.54, 1.807) is 18.2 Å². The number of nitrogens with one attached hydrogen (secondary N) is 1. The number of aliphatic carboxylic acids is 1. The molecule has 0 unspecified atom stereocenters. The average molecular weight is 380 g/mol. The summed E-state index contributed by atoms with van der Waals surface area (Å²) < 4.78 is 4.89. The Hall–Kier alpha value is -4.12. The van der Waals surface area contributed by atoms with E-state index < -0.39 is 23.3 Å². The third kappa shape index (κ3) is 4.95. The Bertz CT molecular complexity index is 1120. The van der Waals surface area contributed by atoms with Gasteiger partial charge in [-0.25, -0.2) is 9.59 Å². The Morgan fingerprint density at radius 3 is 2.71 bits per heavy atom. The molecule has 8 heteroatoms. The number of aromatic nitrogens is 1. The van der Waals surface area contributed by atoms with Gasteiger partial charge >= 0.3 is 11.7 Å². The van der Waals surface area contributed by atoms with Gasteiger partial charge < -0.3 is 14.6 Å². The van der Waals surface area contributed by atoms with Gasteiger partial charge in [0.25, 0.3) is 0 Å². The lowest BCUT2D eigenvalue weighted by molar-refractivity contribution is -0.132. The van der Waals surface area contributed by atoms with Crippen LogP contribution in [0.3, 0.4) is 0 Å². The number of aromatic amines is 1. The van der Waals surface area contributed by atoms with Crippen molar-refractivity contribution >= 4 is 22.9 Å². The van der Waals surface area contributed by atoms with Crippen molar-refractivity contribution in [1.29, 1.82) is 5.26 Å². The molecule has 1 heterocycles. The number of carboxylic acids is 1. The Morgan fingerprint density at radius 2 is 2.07 bits per heavy atom. The molecule has 0 aliphatic carbocycles. The highest BCUT2D eigenvalue weighted by atomic mass is 16.4. The van der Waals surface area contributed by atoms with Crippen LogP contribution in [0.5, 0.6) is 0 Å². The van der Waals surface area contributed by atoms with E-state index >= 15 is 0 Å². The third-order valence-corrected chi connectivity index (χ3v) is 3.71. The molecule has 142 valence electrons. The number of hydrogen-bond acceptors (Lipinski definition) is 6. The molecule has 0 radical (unpaired) electrons. The van der Waals surface area contributed by atoms with E-state index in [1.807, 2.05) is 6.07 Å². The molecule has 0 saturated heterocycles. The van der Waals surface area contributed by atoms with Crippen molar-refractivity contribution in [1.82, 2.24) is 4.98 Å². The first-order chi connectivity index (χ1) is 13.3. The number of benzene rings is 1. The Balaban J connectivity index is 2.08. The quantitative estimate of drug-likeness (QED) is 0.276. The molecule has 28 heavy (non-hydrogen) atoms. The molecule has 0 bridgehead atoms. The van der Waals surface area contributed by atoms with Crippen LogP contribution in [0.2, 0.25) is 0 Å². The summed E-state index contributed by atoms with van der Waals surface area (Å²) in [6.07, 6.45) is 5.04. The number of aliphatic hydroxyl groups is 1. The predicted octanol–water partition coefficient (Wildman–Crippen LogP) is 2.71.